The highest BCUT2D eigenvalue weighted by molar-refractivity contribution is 5.80. The standard InChI is InChI=1S/C44H51NO3/c1-7-28-44(6,47-34-22-14-11-15-23-34)37-29-40(45-38-26-18-16-24-35(38)36-25-17-19-27-39(36)45)42(30-41(37)46-31-32(4)8-2)48-43(5,9-3)33-20-12-10-13-21-33/h10-27,29-30,32,35,38H,7-9,28,31H2,1-6H3. The van der Waals surface area contributed by atoms with E-state index >= 15 is 0 Å². The SMILES string of the molecule is CCCC(C)(Oc1ccccc1)c1cc(N2c3ccccc3C3C=CC=CC32)c(OC(C)(CC)c2ccccc2)cc1OCC(C)CC. The van der Waals surface area contributed by atoms with Crippen LogP contribution in [-0.2, 0) is 11.2 Å². The van der Waals surface area contributed by atoms with Crippen molar-refractivity contribution in [3.63, 3.8) is 0 Å². The highest BCUT2D eigenvalue weighted by Crippen LogP contribution is 2.53. The zero-order chi connectivity index (χ0) is 33.7. The van der Waals surface area contributed by atoms with Crippen LogP contribution >= 0.6 is 0 Å². The van der Waals surface area contributed by atoms with E-state index in [9.17, 15) is 0 Å². The van der Waals surface area contributed by atoms with E-state index in [1.807, 2.05) is 30.3 Å². The number of rotatable bonds is 14. The average molecular weight is 642 g/mol. The quantitative estimate of drug-likeness (QED) is 0.137. The molecule has 0 radical (unpaired) electrons. The van der Waals surface area contributed by atoms with E-state index in [0.717, 1.165) is 59.7 Å². The molecule has 0 fully saturated rings. The normalized spacial score (nSPS) is 19.5. The molecule has 4 heteroatoms. The summed E-state index contributed by atoms with van der Waals surface area (Å²) < 4.78 is 21.1. The van der Waals surface area contributed by atoms with Gasteiger partial charge in [0.15, 0.2) is 0 Å². The maximum atomic E-state index is 7.29. The second-order valence-electron chi connectivity index (χ2n) is 13.8. The van der Waals surface area contributed by atoms with Gasteiger partial charge in [-0.1, -0.05) is 132 Å². The summed E-state index contributed by atoms with van der Waals surface area (Å²) in [4.78, 5) is 2.48. The van der Waals surface area contributed by atoms with Gasteiger partial charge in [0.2, 0.25) is 0 Å². The average Bonchev–Trinajstić information content (AvgIpc) is 3.45. The van der Waals surface area contributed by atoms with Gasteiger partial charge in [-0.15, -0.1) is 0 Å². The Balaban J connectivity index is 1.59. The van der Waals surface area contributed by atoms with Crippen LogP contribution in [0.4, 0.5) is 11.4 Å². The fourth-order valence-electron chi connectivity index (χ4n) is 7.11. The van der Waals surface area contributed by atoms with Crippen LogP contribution in [0.5, 0.6) is 17.2 Å². The van der Waals surface area contributed by atoms with Crippen LogP contribution in [0.25, 0.3) is 0 Å². The summed E-state index contributed by atoms with van der Waals surface area (Å²) in [6.45, 7) is 13.9. The van der Waals surface area contributed by atoms with E-state index < -0.39 is 11.2 Å². The second kappa shape index (κ2) is 14.4. The molecule has 5 unspecified atom stereocenters. The van der Waals surface area contributed by atoms with Gasteiger partial charge in [-0.05, 0) is 68.0 Å². The first-order valence-electron chi connectivity index (χ1n) is 17.8. The van der Waals surface area contributed by atoms with Crippen molar-refractivity contribution in [1.82, 2.24) is 0 Å². The number of para-hydroxylation sites is 2. The summed E-state index contributed by atoms with van der Waals surface area (Å²) in [5, 5.41) is 0. The maximum absolute atomic E-state index is 7.29. The lowest BCUT2D eigenvalue weighted by atomic mass is 9.88. The molecule has 4 aromatic rings. The fraction of sp³-hybridized carbons (Fsp3) is 0.364. The van der Waals surface area contributed by atoms with Crippen LogP contribution in [-0.4, -0.2) is 12.6 Å². The van der Waals surface area contributed by atoms with Crippen LogP contribution in [0, 0.1) is 5.92 Å². The third-order valence-electron chi connectivity index (χ3n) is 10.3. The van der Waals surface area contributed by atoms with Crippen molar-refractivity contribution in [3.05, 3.63) is 138 Å². The lowest BCUT2D eigenvalue weighted by Gasteiger charge is -2.38. The summed E-state index contributed by atoms with van der Waals surface area (Å²) in [5.74, 6) is 3.12. The summed E-state index contributed by atoms with van der Waals surface area (Å²) >= 11 is 0. The van der Waals surface area contributed by atoms with Crippen molar-refractivity contribution in [1.29, 1.82) is 0 Å². The molecule has 0 amide bonds. The molecule has 5 atom stereocenters. The molecule has 0 bridgehead atoms. The highest BCUT2D eigenvalue weighted by Gasteiger charge is 2.41. The van der Waals surface area contributed by atoms with E-state index in [0.29, 0.717) is 12.5 Å². The van der Waals surface area contributed by atoms with Gasteiger partial charge >= 0.3 is 0 Å². The summed E-state index contributed by atoms with van der Waals surface area (Å²) in [7, 11) is 0. The molecule has 0 N–H and O–H groups in total. The molecule has 0 spiro atoms. The van der Waals surface area contributed by atoms with Crippen molar-refractivity contribution in [2.24, 2.45) is 5.92 Å². The lowest BCUT2D eigenvalue weighted by molar-refractivity contribution is 0.0698. The number of anilines is 2. The fourth-order valence-corrected chi connectivity index (χ4v) is 7.11. The first-order chi connectivity index (χ1) is 23.3. The van der Waals surface area contributed by atoms with Crippen LogP contribution in [0.1, 0.15) is 89.8 Å². The topological polar surface area (TPSA) is 30.9 Å². The minimum atomic E-state index is -0.650. The van der Waals surface area contributed by atoms with E-state index in [4.69, 9.17) is 14.2 Å². The Hall–Kier alpha value is -4.44. The Morgan fingerprint density at radius 3 is 2.12 bits per heavy atom. The minimum absolute atomic E-state index is 0.117. The van der Waals surface area contributed by atoms with Crippen LogP contribution < -0.4 is 19.1 Å². The third-order valence-corrected chi connectivity index (χ3v) is 10.3. The summed E-state index contributed by atoms with van der Waals surface area (Å²) in [6, 6.07) is 34.1. The van der Waals surface area contributed by atoms with Crippen molar-refractivity contribution < 1.29 is 14.2 Å². The maximum Gasteiger partial charge on any atom is 0.148 e. The molecule has 1 aliphatic heterocycles. The molecule has 250 valence electrons. The van der Waals surface area contributed by atoms with Crippen LogP contribution in [0.15, 0.2) is 121 Å². The monoisotopic (exact) mass is 641 g/mol. The summed E-state index contributed by atoms with van der Waals surface area (Å²) in [6.07, 6.45) is 12.6. The van der Waals surface area contributed by atoms with Gasteiger partial charge in [0.05, 0.1) is 18.3 Å². The summed E-state index contributed by atoms with van der Waals surface area (Å²) in [5.41, 5.74) is 4.52. The Kier molecular flexibility index (Phi) is 10.0. The van der Waals surface area contributed by atoms with Gasteiger partial charge in [-0.25, -0.2) is 0 Å². The molecular formula is C44H51NO3. The van der Waals surface area contributed by atoms with Gasteiger partial charge in [-0.3, -0.25) is 0 Å². The molecule has 1 heterocycles. The van der Waals surface area contributed by atoms with Crippen LogP contribution in [0.3, 0.4) is 0 Å². The predicted octanol–water partition coefficient (Wildman–Crippen LogP) is 11.6. The van der Waals surface area contributed by atoms with Crippen molar-refractivity contribution >= 4 is 11.4 Å². The van der Waals surface area contributed by atoms with Gasteiger partial charge in [0, 0.05) is 23.2 Å². The lowest BCUT2D eigenvalue weighted by Crippen LogP contribution is -2.34. The first-order valence-corrected chi connectivity index (χ1v) is 17.8. The van der Waals surface area contributed by atoms with Gasteiger partial charge in [0.1, 0.15) is 28.5 Å². The number of benzene rings is 4. The zero-order valence-electron chi connectivity index (χ0n) is 29.5. The Labute approximate surface area is 288 Å². The molecule has 1 aliphatic carbocycles. The molecule has 6 rings (SSSR count). The number of ether oxygens (including phenoxy) is 3. The van der Waals surface area contributed by atoms with E-state index in [1.165, 1.54) is 11.3 Å². The van der Waals surface area contributed by atoms with Crippen molar-refractivity contribution in [2.75, 3.05) is 11.5 Å². The number of hydrogen-bond acceptors (Lipinski definition) is 4. The third kappa shape index (κ3) is 6.63. The predicted molar refractivity (Wildman–Crippen MR) is 199 cm³/mol. The highest BCUT2D eigenvalue weighted by atomic mass is 16.5. The zero-order valence-corrected chi connectivity index (χ0v) is 29.5. The minimum Gasteiger partial charge on any atom is -0.493 e. The number of nitrogens with zero attached hydrogens (tertiary/aromatic N) is 1. The van der Waals surface area contributed by atoms with Crippen molar-refractivity contribution in [2.45, 2.75) is 90.4 Å². The smallest absolute Gasteiger partial charge is 0.148 e. The molecule has 0 saturated heterocycles. The number of allylic oxidation sites excluding steroid dienone is 2. The molecule has 0 saturated carbocycles. The van der Waals surface area contributed by atoms with Crippen LogP contribution in [0.2, 0.25) is 0 Å². The van der Waals surface area contributed by atoms with Gasteiger partial charge in [-0.2, -0.15) is 0 Å². The Morgan fingerprint density at radius 2 is 1.42 bits per heavy atom. The first kappa shape index (κ1) is 33.5. The number of fused-ring (bicyclic) bond motifs is 3. The Morgan fingerprint density at radius 1 is 0.729 bits per heavy atom. The molecule has 2 aliphatic rings. The molecule has 4 aromatic carbocycles. The number of hydrogen-bond donors (Lipinski definition) is 0. The molecule has 4 nitrogen and oxygen atoms in total. The molecule has 0 aromatic heterocycles. The largest absolute Gasteiger partial charge is 0.493 e. The van der Waals surface area contributed by atoms with E-state index in [-0.39, 0.29) is 12.0 Å². The van der Waals surface area contributed by atoms with E-state index in [1.54, 1.807) is 0 Å². The Bertz CT molecular complexity index is 1730. The van der Waals surface area contributed by atoms with E-state index in [2.05, 4.69) is 137 Å². The molecule has 48 heavy (non-hydrogen) atoms. The van der Waals surface area contributed by atoms with Gasteiger partial charge < -0.3 is 19.1 Å². The van der Waals surface area contributed by atoms with Gasteiger partial charge in [0.25, 0.3) is 0 Å². The molecular weight excluding hydrogens is 590 g/mol. The second-order valence-corrected chi connectivity index (χ2v) is 13.8. The van der Waals surface area contributed by atoms with Crippen molar-refractivity contribution in [3.8, 4) is 17.2 Å².